The van der Waals surface area contributed by atoms with Gasteiger partial charge < -0.3 is 4.74 Å². The standard InChI is InChI=1S/C15H19N3O3/c1-4-10-7-8-11-14(16-10)12(5-2)17-18(15(11)20)9-13(19)21-6-3/h7-8H,4-6,9H2,1-3H3. The average molecular weight is 289 g/mol. The van der Waals surface area contributed by atoms with Gasteiger partial charge in [0.25, 0.3) is 5.56 Å². The molecule has 0 saturated heterocycles. The van der Waals surface area contributed by atoms with Gasteiger partial charge in [0.1, 0.15) is 6.54 Å². The summed E-state index contributed by atoms with van der Waals surface area (Å²) in [6, 6.07) is 3.59. The number of nitrogens with zero attached hydrogens (tertiary/aromatic N) is 3. The first-order valence-corrected chi connectivity index (χ1v) is 7.15. The fraction of sp³-hybridized carbons (Fsp3) is 0.467. The van der Waals surface area contributed by atoms with Crippen molar-refractivity contribution in [3.63, 3.8) is 0 Å². The Kier molecular flexibility index (Phi) is 4.67. The molecule has 0 aliphatic rings. The number of hydrogen-bond acceptors (Lipinski definition) is 5. The van der Waals surface area contributed by atoms with Gasteiger partial charge in [0, 0.05) is 5.69 Å². The number of fused-ring (bicyclic) bond motifs is 1. The van der Waals surface area contributed by atoms with Gasteiger partial charge in [0.05, 0.1) is 23.2 Å². The van der Waals surface area contributed by atoms with Crippen LogP contribution >= 0.6 is 0 Å². The SMILES string of the molecule is CCOC(=O)Cn1nc(CC)c2nc(CC)ccc2c1=O. The van der Waals surface area contributed by atoms with Crippen molar-refractivity contribution in [2.24, 2.45) is 0 Å². The van der Waals surface area contributed by atoms with Gasteiger partial charge in [-0.3, -0.25) is 14.6 Å². The number of rotatable bonds is 5. The van der Waals surface area contributed by atoms with E-state index in [9.17, 15) is 9.59 Å². The highest BCUT2D eigenvalue weighted by Gasteiger charge is 2.14. The van der Waals surface area contributed by atoms with Crippen LogP contribution in [0.15, 0.2) is 16.9 Å². The van der Waals surface area contributed by atoms with Crippen molar-refractivity contribution in [1.29, 1.82) is 0 Å². The second-order valence-electron chi connectivity index (χ2n) is 4.62. The number of carbonyl (C=O) groups excluding carboxylic acids is 1. The molecule has 0 aliphatic heterocycles. The van der Waals surface area contributed by atoms with Crippen LogP contribution in [0.5, 0.6) is 0 Å². The molecule has 2 aromatic rings. The summed E-state index contributed by atoms with van der Waals surface area (Å²) < 4.78 is 6.03. The maximum atomic E-state index is 12.4. The van der Waals surface area contributed by atoms with Crippen molar-refractivity contribution in [2.45, 2.75) is 40.2 Å². The summed E-state index contributed by atoms with van der Waals surface area (Å²) in [6.07, 6.45) is 1.44. The molecule has 0 atom stereocenters. The fourth-order valence-electron chi connectivity index (χ4n) is 2.14. The lowest BCUT2D eigenvalue weighted by Crippen LogP contribution is -2.29. The highest BCUT2D eigenvalue weighted by molar-refractivity contribution is 5.80. The Morgan fingerprint density at radius 2 is 2.00 bits per heavy atom. The number of aryl methyl sites for hydroxylation is 2. The van der Waals surface area contributed by atoms with Crippen molar-refractivity contribution in [2.75, 3.05) is 6.61 Å². The Morgan fingerprint density at radius 1 is 1.24 bits per heavy atom. The highest BCUT2D eigenvalue weighted by Crippen LogP contribution is 2.13. The van der Waals surface area contributed by atoms with Crippen LogP contribution in [-0.2, 0) is 28.9 Å². The summed E-state index contributed by atoms with van der Waals surface area (Å²) in [5.74, 6) is -0.466. The molecule has 21 heavy (non-hydrogen) atoms. The van der Waals surface area contributed by atoms with Gasteiger partial charge in [0.15, 0.2) is 0 Å². The first-order chi connectivity index (χ1) is 10.1. The van der Waals surface area contributed by atoms with E-state index in [1.165, 1.54) is 0 Å². The Balaban J connectivity index is 2.57. The number of pyridine rings is 1. The predicted octanol–water partition coefficient (Wildman–Crippen LogP) is 1.48. The zero-order chi connectivity index (χ0) is 15.4. The normalized spacial score (nSPS) is 10.8. The molecular weight excluding hydrogens is 270 g/mol. The molecule has 0 aromatic carbocycles. The van der Waals surface area contributed by atoms with Gasteiger partial charge in [-0.05, 0) is 31.9 Å². The molecule has 6 heteroatoms. The molecule has 0 amide bonds. The van der Waals surface area contributed by atoms with E-state index in [2.05, 4.69) is 10.1 Å². The number of carbonyl (C=O) groups is 1. The van der Waals surface area contributed by atoms with Crippen molar-refractivity contribution >= 4 is 16.9 Å². The topological polar surface area (TPSA) is 74.1 Å². The van der Waals surface area contributed by atoms with Gasteiger partial charge in [-0.1, -0.05) is 13.8 Å². The fourth-order valence-corrected chi connectivity index (χ4v) is 2.14. The molecule has 0 unspecified atom stereocenters. The van der Waals surface area contributed by atoms with Crippen LogP contribution in [0.4, 0.5) is 0 Å². The van der Waals surface area contributed by atoms with Crippen molar-refractivity contribution in [1.82, 2.24) is 14.8 Å². The van der Waals surface area contributed by atoms with Crippen LogP contribution in [0.25, 0.3) is 10.9 Å². The van der Waals surface area contributed by atoms with E-state index < -0.39 is 5.97 Å². The summed E-state index contributed by atoms with van der Waals surface area (Å²) >= 11 is 0. The minimum atomic E-state index is -0.466. The monoisotopic (exact) mass is 289 g/mol. The van der Waals surface area contributed by atoms with Gasteiger partial charge in [-0.25, -0.2) is 4.68 Å². The van der Waals surface area contributed by atoms with Gasteiger partial charge in [-0.2, -0.15) is 5.10 Å². The third kappa shape index (κ3) is 3.09. The van der Waals surface area contributed by atoms with Crippen LogP contribution in [-0.4, -0.2) is 27.3 Å². The largest absolute Gasteiger partial charge is 0.465 e. The third-order valence-corrected chi connectivity index (χ3v) is 3.21. The van der Waals surface area contributed by atoms with Gasteiger partial charge >= 0.3 is 5.97 Å². The van der Waals surface area contributed by atoms with E-state index in [0.29, 0.717) is 23.0 Å². The van der Waals surface area contributed by atoms with Crippen molar-refractivity contribution in [3.05, 3.63) is 33.9 Å². The molecule has 2 heterocycles. The lowest BCUT2D eigenvalue weighted by Gasteiger charge is -2.09. The number of aromatic nitrogens is 3. The lowest BCUT2D eigenvalue weighted by molar-refractivity contribution is -0.144. The lowest BCUT2D eigenvalue weighted by atomic mass is 10.2. The van der Waals surface area contributed by atoms with Crippen LogP contribution in [0.3, 0.4) is 0 Å². The minimum Gasteiger partial charge on any atom is -0.465 e. The molecule has 0 bridgehead atoms. The smallest absolute Gasteiger partial charge is 0.327 e. The first-order valence-electron chi connectivity index (χ1n) is 7.15. The summed E-state index contributed by atoms with van der Waals surface area (Å²) in [4.78, 5) is 28.4. The van der Waals surface area contributed by atoms with E-state index in [1.807, 2.05) is 19.9 Å². The maximum absolute atomic E-state index is 12.4. The summed E-state index contributed by atoms with van der Waals surface area (Å²) in [7, 11) is 0. The van der Waals surface area contributed by atoms with Crippen molar-refractivity contribution in [3.8, 4) is 0 Å². The molecular formula is C15H19N3O3. The molecule has 0 saturated carbocycles. The molecule has 112 valence electrons. The van der Waals surface area contributed by atoms with E-state index in [0.717, 1.165) is 16.8 Å². The second kappa shape index (κ2) is 6.47. The van der Waals surface area contributed by atoms with Crippen LogP contribution < -0.4 is 5.56 Å². The number of esters is 1. The number of hydrogen-bond donors (Lipinski definition) is 0. The van der Waals surface area contributed by atoms with Crippen LogP contribution in [0.2, 0.25) is 0 Å². The molecule has 0 fully saturated rings. The molecule has 2 aromatic heterocycles. The van der Waals surface area contributed by atoms with Gasteiger partial charge in [-0.15, -0.1) is 0 Å². The Morgan fingerprint density at radius 3 is 2.62 bits per heavy atom. The quantitative estimate of drug-likeness (QED) is 0.779. The average Bonchev–Trinajstić information content (AvgIpc) is 2.49. The Hall–Kier alpha value is -2.24. The molecule has 2 rings (SSSR count). The number of ether oxygens (including phenoxy) is 1. The summed E-state index contributed by atoms with van der Waals surface area (Å²) in [5, 5.41) is 4.75. The van der Waals surface area contributed by atoms with E-state index in [-0.39, 0.29) is 18.7 Å². The first kappa shape index (κ1) is 15.2. The Labute approximate surface area is 122 Å². The predicted molar refractivity (Wildman–Crippen MR) is 79.2 cm³/mol. The maximum Gasteiger partial charge on any atom is 0.327 e. The zero-order valence-electron chi connectivity index (χ0n) is 12.5. The molecule has 0 aliphatic carbocycles. The van der Waals surface area contributed by atoms with Gasteiger partial charge in [0.2, 0.25) is 0 Å². The molecule has 0 N–H and O–H groups in total. The van der Waals surface area contributed by atoms with E-state index in [1.54, 1.807) is 13.0 Å². The molecule has 0 spiro atoms. The molecule has 6 nitrogen and oxygen atoms in total. The Bertz CT molecular complexity index is 722. The van der Waals surface area contributed by atoms with Crippen LogP contribution in [0, 0.1) is 0 Å². The van der Waals surface area contributed by atoms with Crippen LogP contribution in [0.1, 0.15) is 32.2 Å². The van der Waals surface area contributed by atoms with E-state index in [4.69, 9.17) is 4.74 Å². The molecule has 0 radical (unpaired) electrons. The van der Waals surface area contributed by atoms with Crippen molar-refractivity contribution < 1.29 is 9.53 Å². The highest BCUT2D eigenvalue weighted by atomic mass is 16.5. The summed E-state index contributed by atoms with van der Waals surface area (Å²) in [6.45, 7) is 5.78. The second-order valence-corrected chi connectivity index (χ2v) is 4.62. The summed E-state index contributed by atoms with van der Waals surface area (Å²) in [5.41, 5.74) is 1.94. The third-order valence-electron chi connectivity index (χ3n) is 3.21. The minimum absolute atomic E-state index is 0.175. The zero-order valence-corrected chi connectivity index (χ0v) is 12.5. The van der Waals surface area contributed by atoms with E-state index >= 15 is 0 Å².